The number of hydrogen-bond acceptors (Lipinski definition) is 5. The average Bonchev–Trinajstić information content (AvgIpc) is 3.36. The van der Waals surface area contributed by atoms with Gasteiger partial charge in [-0.25, -0.2) is 9.97 Å². The maximum absolute atomic E-state index is 12.5. The Morgan fingerprint density at radius 2 is 1.87 bits per heavy atom. The quantitative estimate of drug-likeness (QED) is 0.466. The Morgan fingerprint density at radius 1 is 1.10 bits per heavy atom. The van der Waals surface area contributed by atoms with Gasteiger partial charge in [-0.05, 0) is 55.8 Å². The molecule has 7 heteroatoms. The van der Waals surface area contributed by atoms with Crippen molar-refractivity contribution in [1.29, 1.82) is 0 Å². The Kier molecular flexibility index (Phi) is 5.90. The van der Waals surface area contributed by atoms with Crippen LogP contribution in [-0.4, -0.2) is 20.4 Å². The van der Waals surface area contributed by atoms with Gasteiger partial charge in [0.15, 0.2) is 0 Å². The van der Waals surface area contributed by atoms with Gasteiger partial charge in [0, 0.05) is 35.6 Å². The molecule has 0 aliphatic heterocycles. The standard InChI is InChI=1S/C23H22N4O2S/c1-16-24-11-12-27(16)13-18-3-7-20(8-4-18)26-23(28)19-5-9-22(10-6-19)29-14-21-15-30-17(2)25-21/h3-12,15H,13-14H2,1-2H3,(H,26,28). The topological polar surface area (TPSA) is 69.0 Å². The minimum atomic E-state index is -0.158. The number of carbonyl (C=O) groups excluding carboxylic acids is 1. The van der Waals surface area contributed by atoms with Crippen LogP contribution in [0.4, 0.5) is 5.69 Å². The van der Waals surface area contributed by atoms with E-state index in [0.717, 1.165) is 34.3 Å². The highest BCUT2D eigenvalue weighted by atomic mass is 32.1. The van der Waals surface area contributed by atoms with Gasteiger partial charge < -0.3 is 14.6 Å². The van der Waals surface area contributed by atoms with Gasteiger partial charge in [0.05, 0.1) is 10.7 Å². The van der Waals surface area contributed by atoms with E-state index in [0.29, 0.717) is 17.9 Å². The lowest BCUT2D eigenvalue weighted by molar-refractivity contribution is 0.102. The molecule has 0 saturated carbocycles. The Morgan fingerprint density at radius 3 is 2.50 bits per heavy atom. The first-order valence-electron chi connectivity index (χ1n) is 9.59. The Labute approximate surface area is 179 Å². The molecule has 4 aromatic rings. The molecule has 1 amide bonds. The number of imidazole rings is 1. The van der Waals surface area contributed by atoms with Crippen molar-refractivity contribution in [1.82, 2.24) is 14.5 Å². The zero-order valence-electron chi connectivity index (χ0n) is 16.8. The van der Waals surface area contributed by atoms with Crippen molar-refractivity contribution in [2.24, 2.45) is 0 Å². The predicted molar refractivity (Wildman–Crippen MR) is 118 cm³/mol. The molecule has 2 aromatic carbocycles. The molecule has 4 rings (SSSR count). The van der Waals surface area contributed by atoms with E-state index in [4.69, 9.17) is 4.74 Å². The minimum Gasteiger partial charge on any atom is -0.487 e. The SMILES string of the molecule is Cc1nc(COc2ccc(C(=O)Nc3ccc(Cn4ccnc4C)cc3)cc2)cs1. The van der Waals surface area contributed by atoms with Crippen molar-refractivity contribution < 1.29 is 9.53 Å². The summed E-state index contributed by atoms with van der Waals surface area (Å²) in [6, 6.07) is 14.9. The highest BCUT2D eigenvalue weighted by Crippen LogP contribution is 2.17. The number of anilines is 1. The fraction of sp³-hybridized carbons (Fsp3) is 0.174. The molecule has 0 bridgehead atoms. The van der Waals surface area contributed by atoms with Crippen LogP contribution in [0.3, 0.4) is 0 Å². The minimum absolute atomic E-state index is 0.158. The van der Waals surface area contributed by atoms with Crippen LogP contribution in [0.25, 0.3) is 0 Å². The van der Waals surface area contributed by atoms with Crippen molar-refractivity contribution in [2.75, 3.05) is 5.32 Å². The number of amides is 1. The molecule has 0 spiro atoms. The Balaban J connectivity index is 1.32. The number of hydrogen-bond donors (Lipinski definition) is 1. The molecule has 0 atom stereocenters. The lowest BCUT2D eigenvalue weighted by atomic mass is 10.1. The number of ether oxygens (including phenoxy) is 1. The molecule has 30 heavy (non-hydrogen) atoms. The maximum atomic E-state index is 12.5. The molecule has 6 nitrogen and oxygen atoms in total. The third kappa shape index (κ3) is 4.93. The van der Waals surface area contributed by atoms with Crippen LogP contribution in [0.15, 0.2) is 66.3 Å². The lowest BCUT2D eigenvalue weighted by Gasteiger charge is -2.09. The van der Waals surface area contributed by atoms with Gasteiger partial charge in [-0.1, -0.05) is 12.1 Å². The van der Waals surface area contributed by atoms with Gasteiger partial charge in [-0.2, -0.15) is 0 Å². The zero-order chi connectivity index (χ0) is 20.9. The summed E-state index contributed by atoms with van der Waals surface area (Å²) in [6.07, 6.45) is 3.75. The Bertz CT molecular complexity index is 1130. The van der Waals surface area contributed by atoms with E-state index >= 15 is 0 Å². The number of aromatic nitrogens is 3. The summed E-state index contributed by atoms with van der Waals surface area (Å²) >= 11 is 1.60. The third-order valence-electron chi connectivity index (χ3n) is 4.66. The van der Waals surface area contributed by atoms with Crippen molar-refractivity contribution >= 4 is 22.9 Å². The molecule has 0 radical (unpaired) electrons. The number of aryl methyl sites for hydroxylation is 2. The highest BCUT2D eigenvalue weighted by molar-refractivity contribution is 7.09. The van der Waals surface area contributed by atoms with Crippen molar-refractivity contribution in [3.63, 3.8) is 0 Å². The van der Waals surface area contributed by atoms with Gasteiger partial charge in [0.25, 0.3) is 5.91 Å². The fourth-order valence-electron chi connectivity index (χ4n) is 3.00. The first-order chi connectivity index (χ1) is 14.6. The number of benzene rings is 2. The monoisotopic (exact) mass is 418 g/mol. The summed E-state index contributed by atoms with van der Waals surface area (Å²) in [6.45, 7) is 5.11. The second kappa shape index (κ2) is 8.92. The van der Waals surface area contributed by atoms with Gasteiger partial charge in [-0.3, -0.25) is 4.79 Å². The van der Waals surface area contributed by atoms with Crippen LogP contribution >= 0.6 is 11.3 Å². The molecule has 0 aliphatic rings. The number of rotatable bonds is 7. The van der Waals surface area contributed by atoms with Gasteiger partial charge in [0.1, 0.15) is 18.2 Å². The number of thiazole rings is 1. The van der Waals surface area contributed by atoms with E-state index in [-0.39, 0.29) is 5.91 Å². The van der Waals surface area contributed by atoms with Crippen LogP contribution in [0.1, 0.15) is 32.4 Å². The molecule has 0 fully saturated rings. The normalized spacial score (nSPS) is 10.7. The van der Waals surface area contributed by atoms with E-state index < -0.39 is 0 Å². The van der Waals surface area contributed by atoms with E-state index in [1.54, 1.807) is 41.8 Å². The van der Waals surface area contributed by atoms with E-state index in [1.165, 1.54) is 0 Å². The van der Waals surface area contributed by atoms with Gasteiger partial charge >= 0.3 is 0 Å². The molecule has 2 aromatic heterocycles. The van der Waals surface area contributed by atoms with Crippen LogP contribution < -0.4 is 10.1 Å². The van der Waals surface area contributed by atoms with Gasteiger partial charge in [-0.15, -0.1) is 11.3 Å². The summed E-state index contributed by atoms with van der Waals surface area (Å²) in [5, 5.41) is 5.93. The first-order valence-corrected chi connectivity index (χ1v) is 10.5. The smallest absolute Gasteiger partial charge is 0.255 e. The predicted octanol–water partition coefficient (Wildman–Crippen LogP) is 4.84. The molecule has 0 saturated heterocycles. The van der Waals surface area contributed by atoms with Crippen LogP contribution in [0.2, 0.25) is 0 Å². The first kappa shape index (κ1) is 19.8. The lowest BCUT2D eigenvalue weighted by Crippen LogP contribution is -2.12. The molecule has 152 valence electrons. The van der Waals surface area contributed by atoms with Crippen molar-refractivity contribution in [2.45, 2.75) is 27.0 Å². The number of nitrogens with zero attached hydrogens (tertiary/aromatic N) is 3. The summed E-state index contributed by atoms with van der Waals surface area (Å²) < 4.78 is 7.81. The number of nitrogens with one attached hydrogen (secondary N) is 1. The zero-order valence-corrected chi connectivity index (χ0v) is 17.6. The van der Waals surface area contributed by atoms with E-state index in [9.17, 15) is 4.79 Å². The largest absolute Gasteiger partial charge is 0.487 e. The van der Waals surface area contributed by atoms with Crippen molar-refractivity contribution in [3.8, 4) is 5.75 Å². The second-order valence-corrected chi connectivity index (χ2v) is 7.99. The van der Waals surface area contributed by atoms with Crippen molar-refractivity contribution in [3.05, 3.63) is 94.0 Å². The third-order valence-corrected chi connectivity index (χ3v) is 5.48. The van der Waals surface area contributed by atoms with Crippen LogP contribution in [-0.2, 0) is 13.2 Å². The number of carbonyl (C=O) groups is 1. The molecule has 1 N–H and O–H groups in total. The molecule has 0 unspecified atom stereocenters. The highest BCUT2D eigenvalue weighted by Gasteiger charge is 2.07. The molecular weight excluding hydrogens is 396 g/mol. The second-order valence-electron chi connectivity index (χ2n) is 6.92. The summed E-state index contributed by atoms with van der Waals surface area (Å²) in [5.74, 6) is 1.52. The summed E-state index contributed by atoms with van der Waals surface area (Å²) in [5.41, 5.74) is 3.38. The molecule has 0 aliphatic carbocycles. The Hall–Kier alpha value is -3.45. The summed E-state index contributed by atoms with van der Waals surface area (Å²) in [4.78, 5) is 21.1. The van der Waals surface area contributed by atoms with E-state index in [1.807, 2.05) is 49.7 Å². The molecule has 2 heterocycles. The summed E-state index contributed by atoms with van der Waals surface area (Å²) in [7, 11) is 0. The molecular formula is C23H22N4O2S. The average molecular weight is 419 g/mol. The van der Waals surface area contributed by atoms with Crippen LogP contribution in [0, 0.1) is 13.8 Å². The maximum Gasteiger partial charge on any atom is 0.255 e. The van der Waals surface area contributed by atoms with Crippen LogP contribution in [0.5, 0.6) is 5.75 Å². The fourth-order valence-corrected chi connectivity index (χ4v) is 3.60. The van der Waals surface area contributed by atoms with Gasteiger partial charge in [0.2, 0.25) is 0 Å². The van der Waals surface area contributed by atoms with E-state index in [2.05, 4.69) is 19.9 Å².